The summed E-state index contributed by atoms with van der Waals surface area (Å²) in [7, 11) is 0. The van der Waals surface area contributed by atoms with Crippen LogP contribution in [-0.2, 0) is 4.79 Å². The predicted molar refractivity (Wildman–Crippen MR) is 97.2 cm³/mol. The average Bonchev–Trinajstić information content (AvgIpc) is 3.04. The fourth-order valence-electron chi connectivity index (χ4n) is 3.12. The van der Waals surface area contributed by atoms with Crippen LogP contribution in [0.1, 0.15) is 28.1 Å². The molecule has 0 unspecified atom stereocenters. The van der Waals surface area contributed by atoms with Gasteiger partial charge in [0.05, 0.1) is 6.26 Å². The molecule has 0 N–H and O–H groups in total. The van der Waals surface area contributed by atoms with Gasteiger partial charge in [-0.15, -0.1) is 0 Å². The van der Waals surface area contributed by atoms with Crippen molar-refractivity contribution >= 4 is 11.8 Å². The molecule has 1 aromatic heterocycles. The van der Waals surface area contributed by atoms with Gasteiger partial charge in [0.25, 0.3) is 11.8 Å². The van der Waals surface area contributed by atoms with Gasteiger partial charge in [-0.1, -0.05) is 17.7 Å². The van der Waals surface area contributed by atoms with Gasteiger partial charge in [0.2, 0.25) is 0 Å². The van der Waals surface area contributed by atoms with Crippen LogP contribution >= 0.6 is 0 Å². The maximum absolute atomic E-state index is 12.5. The number of rotatable bonds is 4. The summed E-state index contributed by atoms with van der Waals surface area (Å²) in [6.45, 7) is 6.23. The maximum Gasteiger partial charge on any atom is 0.289 e. The van der Waals surface area contributed by atoms with Crippen LogP contribution in [0.2, 0.25) is 0 Å². The molecular formula is C20H24N2O4. The quantitative estimate of drug-likeness (QED) is 0.845. The average molecular weight is 356 g/mol. The van der Waals surface area contributed by atoms with Gasteiger partial charge in [0.15, 0.2) is 12.4 Å². The summed E-state index contributed by atoms with van der Waals surface area (Å²) in [5.41, 5.74) is 2.18. The molecule has 2 heterocycles. The van der Waals surface area contributed by atoms with Crippen molar-refractivity contribution in [1.82, 2.24) is 9.80 Å². The van der Waals surface area contributed by atoms with Gasteiger partial charge in [-0.25, -0.2) is 0 Å². The number of aryl methyl sites for hydroxylation is 2. The molecule has 0 radical (unpaired) electrons. The van der Waals surface area contributed by atoms with Gasteiger partial charge < -0.3 is 19.0 Å². The van der Waals surface area contributed by atoms with E-state index in [0.29, 0.717) is 31.9 Å². The predicted octanol–water partition coefficient (Wildman–Crippen LogP) is 2.65. The van der Waals surface area contributed by atoms with Crippen molar-refractivity contribution in [2.75, 3.05) is 32.8 Å². The molecule has 0 saturated carbocycles. The minimum absolute atomic E-state index is 0.00995. The number of furan rings is 1. The van der Waals surface area contributed by atoms with Crippen LogP contribution in [0, 0.1) is 13.8 Å². The van der Waals surface area contributed by atoms with Crippen molar-refractivity contribution in [3.63, 3.8) is 0 Å². The highest BCUT2D eigenvalue weighted by molar-refractivity contribution is 5.91. The van der Waals surface area contributed by atoms with Gasteiger partial charge in [0, 0.05) is 26.2 Å². The Hall–Kier alpha value is -2.76. The first-order valence-corrected chi connectivity index (χ1v) is 8.85. The largest absolute Gasteiger partial charge is 0.484 e. The zero-order valence-corrected chi connectivity index (χ0v) is 15.2. The van der Waals surface area contributed by atoms with Crippen LogP contribution in [0.15, 0.2) is 41.0 Å². The van der Waals surface area contributed by atoms with Gasteiger partial charge in [0.1, 0.15) is 5.75 Å². The lowest BCUT2D eigenvalue weighted by atomic mass is 10.1. The zero-order chi connectivity index (χ0) is 18.5. The standard InChI is InChI=1S/C20H24N2O4/c1-15-6-7-17(16(2)13-15)26-14-19(23)21-8-4-9-22(11-10-21)20(24)18-5-3-12-25-18/h3,5-7,12-13H,4,8-11,14H2,1-2H3. The molecule has 2 amide bonds. The summed E-state index contributed by atoms with van der Waals surface area (Å²) >= 11 is 0. The Balaban J connectivity index is 1.53. The van der Waals surface area contributed by atoms with Crippen molar-refractivity contribution in [3.8, 4) is 5.75 Å². The second kappa shape index (κ2) is 8.08. The number of amides is 2. The highest BCUT2D eigenvalue weighted by Gasteiger charge is 2.24. The number of hydrogen-bond acceptors (Lipinski definition) is 4. The van der Waals surface area contributed by atoms with E-state index < -0.39 is 0 Å². The lowest BCUT2D eigenvalue weighted by molar-refractivity contribution is -0.133. The van der Waals surface area contributed by atoms with Crippen molar-refractivity contribution in [1.29, 1.82) is 0 Å². The van der Waals surface area contributed by atoms with Gasteiger partial charge >= 0.3 is 0 Å². The molecule has 1 aliphatic heterocycles. The Kier molecular flexibility index (Phi) is 5.61. The summed E-state index contributed by atoms with van der Waals surface area (Å²) in [5, 5.41) is 0. The summed E-state index contributed by atoms with van der Waals surface area (Å²) in [6, 6.07) is 9.25. The Morgan fingerprint density at radius 3 is 2.58 bits per heavy atom. The first-order valence-electron chi connectivity index (χ1n) is 8.85. The van der Waals surface area contributed by atoms with Crippen LogP contribution in [-0.4, -0.2) is 54.4 Å². The molecule has 1 aliphatic rings. The van der Waals surface area contributed by atoms with E-state index in [4.69, 9.17) is 9.15 Å². The van der Waals surface area contributed by atoms with Crippen molar-refractivity contribution in [2.24, 2.45) is 0 Å². The molecule has 138 valence electrons. The molecule has 1 fully saturated rings. The molecule has 0 aliphatic carbocycles. The molecule has 3 rings (SSSR count). The maximum atomic E-state index is 12.5. The zero-order valence-electron chi connectivity index (χ0n) is 15.2. The molecule has 0 atom stereocenters. The van der Waals surface area contributed by atoms with Gasteiger partial charge in [-0.2, -0.15) is 0 Å². The van der Waals surface area contributed by atoms with Gasteiger partial charge in [-0.05, 0) is 44.0 Å². The summed E-state index contributed by atoms with van der Waals surface area (Å²) < 4.78 is 10.9. The third-order valence-corrected chi connectivity index (χ3v) is 4.55. The van der Waals surface area contributed by atoms with E-state index in [1.54, 1.807) is 21.9 Å². The van der Waals surface area contributed by atoms with Crippen molar-refractivity contribution < 1.29 is 18.7 Å². The summed E-state index contributed by atoms with van der Waals surface area (Å²) in [5.74, 6) is 0.879. The van der Waals surface area contributed by atoms with Crippen LogP contribution in [0.5, 0.6) is 5.75 Å². The molecule has 1 aromatic carbocycles. The first kappa shape index (κ1) is 18.0. The van der Waals surface area contributed by atoms with E-state index in [1.165, 1.54) is 6.26 Å². The number of carbonyl (C=O) groups excluding carboxylic acids is 2. The lowest BCUT2D eigenvalue weighted by Crippen LogP contribution is -2.39. The fourth-order valence-corrected chi connectivity index (χ4v) is 3.12. The topological polar surface area (TPSA) is 63.0 Å². The van der Waals surface area contributed by atoms with Crippen LogP contribution in [0.4, 0.5) is 0 Å². The van der Waals surface area contributed by atoms with E-state index in [0.717, 1.165) is 23.3 Å². The van der Waals surface area contributed by atoms with E-state index in [1.807, 2.05) is 32.0 Å². The normalized spacial score (nSPS) is 14.8. The molecule has 0 spiro atoms. The minimum atomic E-state index is -0.129. The van der Waals surface area contributed by atoms with Crippen LogP contribution in [0.3, 0.4) is 0 Å². The smallest absolute Gasteiger partial charge is 0.289 e. The third kappa shape index (κ3) is 4.25. The summed E-state index contributed by atoms with van der Waals surface area (Å²) in [6.07, 6.45) is 2.23. The van der Waals surface area contributed by atoms with E-state index in [-0.39, 0.29) is 18.4 Å². The number of nitrogens with zero attached hydrogens (tertiary/aromatic N) is 2. The molecule has 1 saturated heterocycles. The molecule has 6 nitrogen and oxygen atoms in total. The van der Waals surface area contributed by atoms with E-state index in [2.05, 4.69) is 0 Å². The molecule has 0 bridgehead atoms. The fraction of sp³-hybridized carbons (Fsp3) is 0.400. The number of carbonyl (C=O) groups is 2. The Labute approximate surface area is 153 Å². The summed E-state index contributed by atoms with van der Waals surface area (Å²) in [4.78, 5) is 28.4. The van der Waals surface area contributed by atoms with Crippen molar-refractivity contribution in [3.05, 3.63) is 53.5 Å². The highest BCUT2D eigenvalue weighted by Crippen LogP contribution is 2.19. The Morgan fingerprint density at radius 1 is 1.08 bits per heavy atom. The van der Waals surface area contributed by atoms with Crippen LogP contribution < -0.4 is 4.74 Å². The second-order valence-electron chi connectivity index (χ2n) is 6.56. The van der Waals surface area contributed by atoms with Crippen LogP contribution in [0.25, 0.3) is 0 Å². The Morgan fingerprint density at radius 2 is 1.85 bits per heavy atom. The third-order valence-electron chi connectivity index (χ3n) is 4.55. The molecule has 6 heteroatoms. The highest BCUT2D eigenvalue weighted by atomic mass is 16.5. The van der Waals surface area contributed by atoms with E-state index >= 15 is 0 Å². The van der Waals surface area contributed by atoms with E-state index in [9.17, 15) is 9.59 Å². The minimum Gasteiger partial charge on any atom is -0.484 e. The molecule has 2 aromatic rings. The van der Waals surface area contributed by atoms with Gasteiger partial charge in [-0.3, -0.25) is 9.59 Å². The first-order chi connectivity index (χ1) is 12.5. The SMILES string of the molecule is Cc1ccc(OCC(=O)N2CCCN(C(=O)c3ccco3)CC2)c(C)c1. The Bertz CT molecular complexity index is 770. The molecule has 26 heavy (non-hydrogen) atoms. The lowest BCUT2D eigenvalue weighted by Gasteiger charge is -2.22. The van der Waals surface area contributed by atoms with Crippen molar-refractivity contribution in [2.45, 2.75) is 20.3 Å². The number of hydrogen-bond donors (Lipinski definition) is 0. The number of ether oxygens (including phenoxy) is 1. The monoisotopic (exact) mass is 356 g/mol. The molecular weight excluding hydrogens is 332 g/mol. The number of benzene rings is 1. The second-order valence-corrected chi connectivity index (χ2v) is 6.56.